The summed E-state index contributed by atoms with van der Waals surface area (Å²) in [6.07, 6.45) is 8.79. The van der Waals surface area contributed by atoms with Crippen LogP contribution in [0.4, 0.5) is 11.4 Å². The summed E-state index contributed by atoms with van der Waals surface area (Å²) in [5.74, 6) is -0.699. The van der Waals surface area contributed by atoms with Gasteiger partial charge in [-0.05, 0) is 57.7 Å². The summed E-state index contributed by atoms with van der Waals surface area (Å²) in [4.78, 5) is 13.6. The van der Waals surface area contributed by atoms with Crippen molar-refractivity contribution in [1.82, 2.24) is 0 Å². The summed E-state index contributed by atoms with van der Waals surface area (Å²) in [5.41, 5.74) is 10.9. The van der Waals surface area contributed by atoms with Crippen LogP contribution in [0.2, 0.25) is 0 Å². The fraction of sp³-hybridized carbons (Fsp3) is 0.471. The second-order valence-corrected chi connectivity index (χ2v) is 12.7. The molecule has 7 rings (SSSR count). The number of carbonyl (C=O) groups is 1. The zero-order chi connectivity index (χ0) is 26.9. The number of rotatable bonds is 6. The number of nitrogens with zero attached hydrogens (tertiary/aromatic N) is 2. The van der Waals surface area contributed by atoms with Crippen LogP contribution in [-0.4, -0.2) is 46.7 Å². The number of fused-ring (bicyclic) bond motifs is 8. The lowest BCUT2D eigenvalue weighted by Crippen LogP contribution is -2.47. The number of hydrogen-bond acceptors (Lipinski definition) is 3. The first-order chi connectivity index (χ1) is 18.8. The zero-order valence-electron chi connectivity index (χ0n) is 23.4. The van der Waals surface area contributed by atoms with Crippen LogP contribution in [0, 0.1) is 0 Å². The number of ether oxygens (including phenoxy) is 1. The Kier molecular flexibility index (Phi) is 5.68. The molecule has 1 N–H and O–H groups in total. The van der Waals surface area contributed by atoms with E-state index in [1.165, 1.54) is 45.1 Å². The number of anilines is 1. The predicted octanol–water partition coefficient (Wildman–Crippen LogP) is 6.63. The molecule has 0 radical (unpaired) electrons. The van der Waals surface area contributed by atoms with Crippen molar-refractivity contribution in [2.75, 3.05) is 18.0 Å². The number of hydrogen-bond donors (Lipinski definition) is 1. The minimum Gasteiger partial charge on any atom is -0.481 e. The number of para-hydroxylation sites is 2. The van der Waals surface area contributed by atoms with Crippen LogP contribution < -0.4 is 4.90 Å². The maximum Gasteiger partial charge on any atom is 0.303 e. The number of benzene rings is 2. The van der Waals surface area contributed by atoms with Crippen LogP contribution in [0.3, 0.4) is 0 Å². The molecule has 0 aromatic heterocycles. The van der Waals surface area contributed by atoms with Crippen LogP contribution in [0.1, 0.15) is 76.8 Å². The summed E-state index contributed by atoms with van der Waals surface area (Å²) in [6, 6.07) is 17.8. The maximum atomic E-state index is 11.1. The highest BCUT2D eigenvalue weighted by Gasteiger charge is 2.54. The van der Waals surface area contributed by atoms with E-state index in [1.54, 1.807) is 0 Å². The molecule has 0 spiro atoms. The molecule has 5 aliphatic heterocycles. The van der Waals surface area contributed by atoms with E-state index in [1.807, 2.05) is 0 Å². The number of carboxylic acids is 1. The van der Waals surface area contributed by atoms with E-state index in [-0.39, 0.29) is 29.5 Å². The minimum atomic E-state index is -0.699. The van der Waals surface area contributed by atoms with Crippen molar-refractivity contribution in [3.8, 4) is 0 Å². The van der Waals surface area contributed by atoms with E-state index in [4.69, 9.17) is 9.84 Å². The molecule has 0 aliphatic carbocycles. The average Bonchev–Trinajstić information content (AvgIpc) is 3.33. The summed E-state index contributed by atoms with van der Waals surface area (Å²) >= 11 is 0. The maximum absolute atomic E-state index is 11.1. The highest BCUT2D eigenvalue weighted by Crippen LogP contribution is 2.55. The van der Waals surface area contributed by atoms with E-state index in [2.05, 4.69) is 84.9 Å². The molecule has 0 fully saturated rings. The first-order valence-electron chi connectivity index (χ1n) is 14.8. The lowest BCUT2D eigenvalue weighted by atomic mass is 9.72. The van der Waals surface area contributed by atoms with Gasteiger partial charge in [-0.2, -0.15) is 4.58 Å². The third-order valence-electron chi connectivity index (χ3n) is 9.99. The van der Waals surface area contributed by atoms with Gasteiger partial charge in [0.25, 0.3) is 0 Å². The van der Waals surface area contributed by atoms with Crippen LogP contribution in [0.25, 0.3) is 0 Å². The van der Waals surface area contributed by atoms with Crippen molar-refractivity contribution < 1.29 is 19.2 Å². The van der Waals surface area contributed by atoms with Crippen LogP contribution in [0.15, 0.2) is 71.5 Å². The van der Waals surface area contributed by atoms with Crippen molar-refractivity contribution in [3.63, 3.8) is 0 Å². The SMILES string of the molecule is CC1(C)C2=[N+](CCC3OC4CCN5C(=C4C=C23)C(C)(CCCCCC(=O)O)c2ccccc25)c2ccccc21. The first-order valence-corrected chi connectivity index (χ1v) is 14.8. The molecular weight excluding hydrogens is 484 g/mol. The van der Waals surface area contributed by atoms with Gasteiger partial charge < -0.3 is 14.7 Å². The van der Waals surface area contributed by atoms with Gasteiger partial charge in [-0.25, -0.2) is 0 Å². The van der Waals surface area contributed by atoms with Gasteiger partial charge in [-0.3, -0.25) is 4.79 Å². The van der Waals surface area contributed by atoms with E-state index >= 15 is 0 Å². The first kappa shape index (κ1) is 24.8. The Morgan fingerprint density at radius 2 is 1.77 bits per heavy atom. The van der Waals surface area contributed by atoms with Crippen molar-refractivity contribution in [3.05, 3.63) is 82.6 Å². The molecule has 2 aromatic rings. The molecule has 3 unspecified atom stereocenters. The van der Waals surface area contributed by atoms with Gasteiger partial charge in [0.15, 0.2) is 12.3 Å². The second-order valence-electron chi connectivity index (χ2n) is 12.7. The fourth-order valence-electron chi connectivity index (χ4n) is 8.26. The monoisotopic (exact) mass is 523 g/mol. The Balaban J connectivity index is 1.34. The minimum absolute atomic E-state index is 0.0665. The summed E-state index contributed by atoms with van der Waals surface area (Å²) in [7, 11) is 0. The van der Waals surface area contributed by atoms with Gasteiger partial charge in [0.2, 0.25) is 5.69 Å². The Morgan fingerprint density at radius 3 is 2.59 bits per heavy atom. The largest absolute Gasteiger partial charge is 0.481 e. The number of aliphatic carboxylic acids is 1. The van der Waals surface area contributed by atoms with Crippen molar-refractivity contribution >= 4 is 23.1 Å². The molecule has 5 heterocycles. The second kappa shape index (κ2) is 8.92. The van der Waals surface area contributed by atoms with Gasteiger partial charge in [-0.15, -0.1) is 0 Å². The van der Waals surface area contributed by atoms with Crippen LogP contribution in [-0.2, 0) is 20.4 Å². The molecule has 0 saturated carbocycles. The Morgan fingerprint density at radius 1 is 1.00 bits per heavy atom. The quantitative estimate of drug-likeness (QED) is 0.341. The van der Waals surface area contributed by atoms with Crippen molar-refractivity contribution in [1.29, 1.82) is 0 Å². The van der Waals surface area contributed by atoms with Gasteiger partial charge >= 0.3 is 5.97 Å². The van der Waals surface area contributed by atoms with Crippen molar-refractivity contribution in [2.45, 2.75) is 88.8 Å². The summed E-state index contributed by atoms with van der Waals surface area (Å²) in [6.45, 7) is 9.13. The molecular formula is C34H39N2O3+. The van der Waals surface area contributed by atoms with E-state index in [0.29, 0.717) is 0 Å². The standard InChI is InChI=1S/C34H38N2O3/c1-33(2)24-11-6-8-13-26(24)35-19-16-28-22(31(33)35)21-23-29(39-28)17-20-36-27-14-9-7-12-25(27)34(3,32(23)36)18-10-4-5-15-30(37)38/h6-9,11-14,21,28-29H,4-5,10,15-20H2,1-3H3/p+1. The number of unbranched alkanes of at least 4 members (excludes halogenated alkanes) is 2. The average molecular weight is 524 g/mol. The summed E-state index contributed by atoms with van der Waals surface area (Å²) in [5, 5.41) is 9.10. The molecule has 5 aliphatic rings. The molecule has 0 saturated heterocycles. The zero-order valence-corrected chi connectivity index (χ0v) is 23.4. The third-order valence-corrected chi connectivity index (χ3v) is 9.99. The highest BCUT2D eigenvalue weighted by atomic mass is 16.5. The molecule has 0 amide bonds. The Labute approximate surface area is 231 Å². The molecule has 202 valence electrons. The lowest BCUT2D eigenvalue weighted by molar-refractivity contribution is -0.445. The Bertz CT molecular complexity index is 1460. The van der Waals surface area contributed by atoms with Gasteiger partial charge in [-0.1, -0.05) is 49.2 Å². The lowest BCUT2D eigenvalue weighted by Gasteiger charge is -2.43. The Hall–Kier alpha value is -3.18. The van der Waals surface area contributed by atoms with Gasteiger partial charge in [0.05, 0.1) is 17.6 Å². The summed E-state index contributed by atoms with van der Waals surface area (Å²) < 4.78 is 9.55. The topological polar surface area (TPSA) is 52.8 Å². The van der Waals surface area contributed by atoms with E-state index in [9.17, 15) is 4.79 Å². The van der Waals surface area contributed by atoms with Crippen LogP contribution >= 0.6 is 0 Å². The van der Waals surface area contributed by atoms with E-state index < -0.39 is 5.97 Å². The predicted molar refractivity (Wildman–Crippen MR) is 154 cm³/mol. The molecule has 0 bridgehead atoms. The smallest absolute Gasteiger partial charge is 0.303 e. The van der Waals surface area contributed by atoms with E-state index in [0.717, 1.165) is 51.6 Å². The highest BCUT2D eigenvalue weighted by molar-refractivity contribution is 6.08. The van der Waals surface area contributed by atoms with Crippen molar-refractivity contribution in [2.24, 2.45) is 0 Å². The van der Waals surface area contributed by atoms with Gasteiger partial charge in [0, 0.05) is 59.0 Å². The number of allylic oxidation sites excluding steroid dienone is 1. The molecule has 3 atom stereocenters. The molecule has 2 aromatic carbocycles. The molecule has 5 heteroatoms. The fourth-order valence-corrected chi connectivity index (χ4v) is 8.26. The molecule has 5 nitrogen and oxygen atoms in total. The normalized spacial score (nSPS) is 27.8. The molecule has 39 heavy (non-hydrogen) atoms. The third kappa shape index (κ3) is 3.62. The van der Waals surface area contributed by atoms with Crippen LogP contribution in [0.5, 0.6) is 0 Å². The van der Waals surface area contributed by atoms with Gasteiger partial charge in [0.1, 0.15) is 0 Å². The number of carboxylic acid groups (broad SMARTS) is 1.